The first-order valence-electron chi connectivity index (χ1n) is 4.36. The van der Waals surface area contributed by atoms with Crippen LogP contribution in [0.1, 0.15) is 13.3 Å². The Morgan fingerprint density at radius 3 is 2.77 bits per heavy atom. The minimum absolute atomic E-state index is 0.237. The van der Waals surface area contributed by atoms with Crippen LogP contribution in [0.4, 0.5) is 5.69 Å². The number of thioether (sulfide) groups is 1. The Bertz CT molecular complexity index is 265. The zero-order valence-electron chi connectivity index (χ0n) is 7.73. The van der Waals surface area contributed by atoms with Crippen molar-refractivity contribution >= 4 is 17.4 Å². The lowest BCUT2D eigenvalue weighted by molar-refractivity contribution is 0.289. The molecule has 0 saturated carbocycles. The summed E-state index contributed by atoms with van der Waals surface area (Å²) in [4.78, 5) is 1.10. The molecule has 72 valence electrons. The summed E-state index contributed by atoms with van der Waals surface area (Å²) in [6, 6.07) is 7.81. The highest BCUT2D eigenvalue weighted by molar-refractivity contribution is 8.00. The normalized spacial score (nSPS) is 12.8. The molecular weight excluding hydrogens is 182 g/mol. The first-order valence-corrected chi connectivity index (χ1v) is 5.24. The van der Waals surface area contributed by atoms with Gasteiger partial charge in [-0.25, -0.2) is 0 Å². The number of rotatable bonds is 4. The topological polar surface area (TPSA) is 46.2 Å². The van der Waals surface area contributed by atoms with Crippen molar-refractivity contribution in [3.05, 3.63) is 24.3 Å². The average molecular weight is 197 g/mol. The van der Waals surface area contributed by atoms with Gasteiger partial charge in [-0.3, -0.25) is 0 Å². The lowest BCUT2D eigenvalue weighted by atomic mass is 10.3. The molecule has 0 bridgehead atoms. The highest BCUT2D eigenvalue weighted by atomic mass is 32.2. The molecule has 0 aliphatic rings. The van der Waals surface area contributed by atoms with Gasteiger partial charge < -0.3 is 10.8 Å². The van der Waals surface area contributed by atoms with Gasteiger partial charge in [0.2, 0.25) is 0 Å². The summed E-state index contributed by atoms with van der Waals surface area (Å²) in [5, 5.41) is 9.15. The van der Waals surface area contributed by atoms with Crippen molar-refractivity contribution in [3.63, 3.8) is 0 Å². The van der Waals surface area contributed by atoms with E-state index in [1.165, 1.54) is 0 Å². The van der Waals surface area contributed by atoms with Crippen molar-refractivity contribution in [3.8, 4) is 0 Å². The van der Waals surface area contributed by atoms with Gasteiger partial charge in [-0.1, -0.05) is 19.1 Å². The second kappa shape index (κ2) is 5.14. The number of para-hydroxylation sites is 1. The van der Waals surface area contributed by atoms with Crippen molar-refractivity contribution < 1.29 is 5.11 Å². The van der Waals surface area contributed by atoms with E-state index in [4.69, 9.17) is 10.8 Å². The zero-order chi connectivity index (χ0) is 9.68. The van der Waals surface area contributed by atoms with Crippen LogP contribution in [0.2, 0.25) is 0 Å². The van der Waals surface area contributed by atoms with Gasteiger partial charge >= 0.3 is 0 Å². The molecule has 1 rings (SSSR count). The first-order chi connectivity index (χ1) is 6.24. The molecule has 1 aromatic rings. The van der Waals surface area contributed by atoms with Crippen molar-refractivity contribution in [2.45, 2.75) is 23.5 Å². The summed E-state index contributed by atoms with van der Waals surface area (Å²) in [5.41, 5.74) is 6.60. The fraction of sp³-hybridized carbons (Fsp3) is 0.400. The van der Waals surface area contributed by atoms with Crippen molar-refractivity contribution in [1.82, 2.24) is 0 Å². The fourth-order valence-corrected chi connectivity index (χ4v) is 2.06. The maximum atomic E-state index is 8.74. The Morgan fingerprint density at radius 1 is 1.46 bits per heavy atom. The molecule has 1 unspecified atom stereocenters. The van der Waals surface area contributed by atoms with Crippen LogP contribution in [0.15, 0.2) is 29.2 Å². The van der Waals surface area contributed by atoms with E-state index in [2.05, 4.69) is 6.92 Å². The summed E-state index contributed by atoms with van der Waals surface area (Å²) in [6.07, 6.45) is 0.805. The lowest BCUT2D eigenvalue weighted by Crippen LogP contribution is -2.00. The van der Waals surface area contributed by atoms with Gasteiger partial charge in [-0.05, 0) is 18.6 Å². The molecule has 0 fully saturated rings. The Labute approximate surface area is 83.1 Å². The van der Waals surface area contributed by atoms with Crippen LogP contribution in [0.3, 0.4) is 0 Å². The Kier molecular flexibility index (Phi) is 4.12. The van der Waals surface area contributed by atoms with Gasteiger partial charge in [0.25, 0.3) is 0 Å². The molecule has 2 nitrogen and oxygen atoms in total. The molecule has 0 saturated heterocycles. The van der Waals surface area contributed by atoms with Gasteiger partial charge in [0, 0.05) is 22.4 Å². The lowest BCUT2D eigenvalue weighted by Gasteiger charge is -2.10. The largest absolute Gasteiger partial charge is 0.398 e. The number of hydrogen-bond donors (Lipinski definition) is 2. The summed E-state index contributed by atoms with van der Waals surface area (Å²) >= 11 is 1.71. The van der Waals surface area contributed by atoms with E-state index < -0.39 is 0 Å². The summed E-state index contributed by atoms with van der Waals surface area (Å²) in [5.74, 6) is 0. The van der Waals surface area contributed by atoms with Crippen LogP contribution >= 0.6 is 11.8 Å². The predicted molar refractivity (Wildman–Crippen MR) is 57.9 cm³/mol. The predicted octanol–water partition coefficient (Wildman–Crippen LogP) is 2.13. The van der Waals surface area contributed by atoms with Crippen molar-refractivity contribution in [2.75, 3.05) is 12.3 Å². The van der Waals surface area contributed by atoms with Crippen LogP contribution in [-0.2, 0) is 0 Å². The van der Waals surface area contributed by atoms with Gasteiger partial charge in [-0.2, -0.15) is 0 Å². The van der Waals surface area contributed by atoms with Crippen LogP contribution in [0, 0.1) is 0 Å². The SMILES string of the molecule is CC(CCO)Sc1ccccc1N. The highest BCUT2D eigenvalue weighted by Crippen LogP contribution is 2.29. The van der Waals surface area contributed by atoms with E-state index in [9.17, 15) is 0 Å². The molecule has 0 aliphatic heterocycles. The third-order valence-electron chi connectivity index (χ3n) is 1.78. The number of anilines is 1. The van der Waals surface area contributed by atoms with Crippen LogP contribution in [0.25, 0.3) is 0 Å². The van der Waals surface area contributed by atoms with E-state index in [-0.39, 0.29) is 6.61 Å². The highest BCUT2D eigenvalue weighted by Gasteiger charge is 2.05. The number of hydrogen-bond acceptors (Lipinski definition) is 3. The van der Waals surface area contributed by atoms with Crippen LogP contribution in [0.5, 0.6) is 0 Å². The number of nitrogens with two attached hydrogens (primary N) is 1. The number of aliphatic hydroxyl groups is 1. The van der Waals surface area contributed by atoms with E-state index in [1.54, 1.807) is 11.8 Å². The molecular formula is C10H15NOS. The molecule has 1 aromatic carbocycles. The van der Waals surface area contributed by atoms with E-state index in [1.807, 2.05) is 24.3 Å². The fourth-order valence-electron chi connectivity index (χ4n) is 1.05. The first kappa shape index (κ1) is 10.4. The van der Waals surface area contributed by atoms with E-state index >= 15 is 0 Å². The summed E-state index contributed by atoms with van der Waals surface area (Å²) in [7, 11) is 0. The third-order valence-corrected chi connectivity index (χ3v) is 3.05. The van der Waals surface area contributed by atoms with Crippen molar-refractivity contribution in [2.24, 2.45) is 0 Å². The number of aliphatic hydroxyl groups excluding tert-OH is 1. The monoisotopic (exact) mass is 197 g/mol. The molecule has 0 aromatic heterocycles. The van der Waals surface area contributed by atoms with Gasteiger partial charge in [-0.15, -0.1) is 11.8 Å². The molecule has 0 aliphatic carbocycles. The van der Waals surface area contributed by atoms with Gasteiger partial charge in [0.1, 0.15) is 0 Å². The smallest absolute Gasteiger partial charge is 0.0452 e. The Balaban J connectivity index is 2.58. The molecule has 0 radical (unpaired) electrons. The third kappa shape index (κ3) is 3.28. The van der Waals surface area contributed by atoms with Gasteiger partial charge in [0.05, 0.1) is 0 Å². The van der Waals surface area contributed by atoms with Crippen molar-refractivity contribution in [1.29, 1.82) is 0 Å². The van der Waals surface area contributed by atoms with Gasteiger partial charge in [0.15, 0.2) is 0 Å². The second-order valence-corrected chi connectivity index (χ2v) is 4.46. The Morgan fingerprint density at radius 2 is 2.15 bits per heavy atom. The molecule has 0 amide bonds. The molecule has 1 atom stereocenters. The average Bonchev–Trinajstić information content (AvgIpc) is 2.09. The molecule has 3 heteroatoms. The summed E-state index contributed by atoms with van der Waals surface area (Å²) < 4.78 is 0. The minimum atomic E-state index is 0.237. The maximum Gasteiger partial charge on any atom is 0.0452 e. The van der Waals surface area contributed by atoms with E-state index in [0.29, 0.717) is 5.25 Å². The van der Waals surface area contributed by atoms with E-state index in [0.717, 1.165) is 17.0 Å². The standard InChI is InChI=1S/C10H15NOS/c1-8(6-7-12)13-10-5-3-2-4-9(10)11/h2-5,8,12H,6-7,11H2,1H3. The maximum absolute atomic E-state index is 8.74. The number of benzene rings is 1. The molecule has 13 heavy (non-hydrogen) atoms. The number of nitrogen functional groups attached to an aromatic ring is 1. The van der Waals surface area contributed by atoms with Crippen LogP contribution in [-0.4, -0.2) is 17.0 Å². The molecule has 3 N–H and O–H groups in total. The molecule has 0 spiro atoms. The minimum Gasteiger partial charge on any atom is -0.398 e. The second-order valence-electron chi connectivity index (χ2n) is 2.98. The molecule has 0 heterocycles. The zero-order valence-corrected chi connectivity index (χ0v) is 8.55. The summed E-state index contributed by atoms with van der Waals surface area (Å²) in [6.45, 7) is 2.33. The quantitative estimate of drug-likeness (QED) is 0.574. The Hall–Kier alpha value is -0.670. The van der Waals surface area contributed by atoms with Crippen LogP contribution < -0.4 is 5.73 Å².